The van der Waals surface area contributed by atoms with Gasteiger partial charge in [-0.15, -0.1) is 5.10 Å². The van der Waals surface area contributed by atoms with Gasteiger partial charge in [0, 0.05) is 5.69 Å². The average Bonchev–Trinajstić information content (AvgIpc) is 3.65. The number of rotatable bonds is 8. The minimum absolute atomic E-state index is 0.113. The molecule has 0 bridgehead atoms. The zero-order valence-corrected chi connectivity index (χ0v) is 18.4. The van der Waals surface area contributed by atoms with Crippen LogP contribution in [0.3, 0.4) is 0 Å². The molecule has 9 nitrogen and oxygen atoms in total. The Morgan fingerprint density at radius 3 is 2.49 bits per heavy atom. The first-order valence-corrected chi connectivity index (χ1v) is 10.8. The van der Waals surface area contributed by atoms with Crippen LogP contribution in [0.4, 0.5) is 10.1 Å². The normalized spacial score (nSPS) is 11.9. The van der Waals surface area contributed by atoms with Crippen molar-refractivity contribution in [2.24, 2.45) is 0 Å². The van der Waals surface area contributed by atoms with E-state index in [1.54, 1.807) is 36.4 Å². The van der Waals surface area contributed by atoms with Crippen molar-refractivity contribution in [1.29, 1.82) is 0 Å². The lowest BCUT2D eigenvalue weighted by Gasteiger charge is -2.30. The van der Waals surface area contributed by atoms with Crippen LogP contribution < -0.4 is 10.2 Å². The number of nitrogens with zero attached hydrogens (tertiary/aromatic N) is 4. The molecule has 0 aliphatic heterocycles. The van der Waals surface area contributed by atoms with Gasteiger partial charge in [-0.25, -0.2) is 9.07 Å². The van der Waals surface area contributed by atoms with E-state index in [2.05, 4.69) is 15.6 Å². The molecule has 10 heteroatoms. The Bertz CT molecular complexity index is 1430. The molecule has 0 aliphatic carbocycles. The molecule has 3 aromatic heterocycles. The van der Waals surface area contributed by atoms with Crippen LogP contribution in [-0.2, 0) is 22.7 Å². The molecule has 5 rings (SSSR count). The second-order valence-electron chi connectivity index (χ2n) is 7.69. The third kappa shape index (κ3) is 4.67. The van der Waals surface area contributed by atoms with Crippen LogP contribution in [-0.4, -0.2) is 26.8 Å². The lowest BCUT2D eigenvalue weighted by Crippen LogP contribution is -2.45. The van der Waals surface area contributed by atoms with Crippen molar-refractivity contribution in [3.8, 4) is 0 Å². The number of nitrogens with one attached hydrogen (secondary N) is 1. The lowest BCUT2D eigenvalue weighted by molar-refractivity contribution is -0.127. The van der Waals surface area contributed by atoms with Gasteiger partial charge in [-0.2, -0.15) is 0 Å². The number of hydrogen-bond donors (Lipinski definition) is 1. The maximum Gasteiger partial charge on any atom is 0.251 e. The van der Waals surface area contributed by atoms with Crippen LogP contribution >= 0.6 is 0 Å². The predicted molar refractivity (Wildman–Crippen MR) is 123 cm³/mol. The summed E-state index contributed by atoms with van der Waals surface area (Å²) in [5, 5.41) is 11.0. The Hall–Kier alpha value is -4.73. The van der Waals surface area contributed by atoms with E-state index in [-0.39, 0.29) is 18.8 Å². The van der Waals surface area contributed by atoms with Gasteiger partial charge in [-0.3, -0.25) is 14.5 Å². The Balaban J connectivity index is 1.51. The first-order chi connectivity index (χ1) is 17.1. The van der Waals surface area contributed by atoms with Crippen molar-refractivity contribution in [3.63, 3.8) is 0 Å². The zero-order chi connectivity index (χ0) is 24.2. The van der Waals surface area contributed by atoms with Crippen LogP contribution in [0, 0.1) is 5.82 Å². The van der Waals surface area contributed by atoms with E-state index in [0.717, 1.165) is 0 Å². The van der Waals surface area contributed by atoms with Crippen LogP contribution in [0.1, 0.15) is 17.6 Å². The van der Waals surface area contributed by atoms with Crippen molar-refractivity contribution < 1.29 is 22.8 Å². The van der Waals surface area contributed by atoms with Gasteiger partial charge in [0.05, 0.1) is 24.6 Å². The molecule has 3 heterocycles. The number of fused-ring (bicyclic) bond motifs is 1. The molecule has 35 heavy (non-hydrogen) atoms. The molecule has 2 aromatic carbocycles. The third-order valence-corrected chi connectivity index (χ3v) is 5.41. The van der Waals surface area contributed by atoms with E-state index in [9.17, 15) is 14.0 Å². The minimum Gasteiger partial charge on any atom is -0.467 e. The number of carbonyl (C=O) groups excluding carboxylic acids is 2. The molecule has 0 radical (unpaired) electrons. The van der Waals surface area contributed by atoms with Gasteiger partial charge in [0.1, 0.15) is 29.4 Å². The number of para-hydroxylation sites is 1. The summed E-state index contributed by atoms with van der Waals surface area (Å²) in [5.41, 5.74) is 1.61. The molecular formula is C25H20FN5O4. The molecule has 0 saturated heterocycles. The second kappa shape index (κ2) is 9.64. The van der Waals surface area contributed by atoms with Crippen molar-refractivity contribution in [3.05, 3.63) is 103 Å². The number of hydrogen-bond acceptors (Lipinski definition) is 6. The molecule has 1 N–H and O–H groups in total. The second-order valence-corrected chi connectivity index (χ2v) is 7.69. The molecule has 5 aromatic rings. The molecule has 0 spiro atoms. The highest BCUT2D eigenvalue weighted by atomic mass is 19.1. The maximum atomic E-state index is 13.7. The van der Waals surface area contributed by atoms with Gasteiger partial charge in [0.2, 0.25) is 5.91 Å². The number of amides is 2. The third-order valence-electron chi connectivity index (χ3n) is 5.41. The number of anilines is 1. The van der Waals surface area contributed by atoms with Gasteiger partial charge in [-0.05, 0) is 60.7 Å². The lowest BCUT2D eigenvalue weighted by atomic mass is 10.1. The standard InChI is InChI=1S/C25H20FN5O4/c26-17-9-11-18(12-10-17)31(23(32)16-30-21-7-2-1-6-20(21)28-29-30)24(22-8-4-14-35-22)25(33)27-15-19-5-3-13-34-19/h1-14,24H,15-16H2,(H,27,33)/t24-/m1/s1. The Kier molecular flexibility index (Phi) is 6.08. The highest BCUT2D eigenvalue weighted by molar-refractivity contribution is 6.01. The van der Waals surface area contributed by atoms with E-state index in [0.29, 0.717) is 22.5 Å². The minimum atomic E-state index is -1.17. The summed E-state index contributed by atoms with van der Waals surface area (Å²) in [5.74, 6) is -0.659. The molecule has 0 unspecified atom stereocenters. The Morgan fingerprint density at radius 2 is 1.74 bits per heavy atom. The molecule has 2 amide bonds. The number of furan rings is 2. The molecule has 0 aliphatic rings. The zero-order valence-electron chi connectivity index (χ0n) is 18.4. The quantitative estimate of drug-likeness (QED) is 0.367. The van der Waals surface area contributed by atoms with E-state index >= 15 is 0 Å². The van der Waals surface area contributed by atoms with Crippen LogP contribution in [0.15, 0.2) is 94.2 Å². The summed E-state index contributed by atoms with van der Waals surface area (Å²) in [6.07, 6.45) is 2.92. The molecule has 0 fully saturated rings. The van der Waals surface area contributed by atoms with Crippen molar-refractivity contribution >= 4 is 28.5 Å². The van der Waals surface area contributed by atoms with Crippen LogP contribution in [0.2, 0.25) is 0 Å². The average molecular weight is 473 g/mol. The topological polar surface area (TPSA) is 106 Å². The van der Waals surface area contributed by atoms with E-state index < -0.39 is 23.7 Å². The Labute approximate surface area is 198 Å². The van der Waals surface area contributed by atoms with E-state index in [1.165, 1.54) is 46.4 Å². The maximum absolute atomic E-state index is 13.7. The van der Waals surface area contributed by atoms with Gasteiger partial charge < -0.3 is 14.2 Å². The summed E-state index contributed by atoms with van der Waals surface area (Å²) in [6.45, 7) is -0.0945. The Morgan fingerprint density at radius 1 is 0.971 bits per heavy atom. The largest absolute Gasteiger partial charge is 0.467 e. The van der Waals surface area contributed by atoms with Crippen molar-refractivity contribution in [1.82, 2.24) is 20.3 Å². The smallest absolute Gasteiger partial charge is 0.251 e. The fourth-order valence-corrected chi connectivity index (χ4v) is 3.78. The highest BCUT2D eigenvalue weighted by Crippen LogP contribution is 2.29. The van der Waals surface area contributed by atoms with E-state index in [4.69, 9.17) is 8.83 Å². The fourth-order valence-electron chi connectivity index (χ4n) is 3.78. The first-order valence-electron chi connectivity index (χ1n) is 10.8. The molecule has 0 saturated carbocycles. The van der Waals surface area contributed by atoms with Crippen molar-refractivity contribution in [2.75, 3.05) is 4.90 Å². The highest BCUT2D eigenvalue weighted by Gasteiger charge is 2.35. The molecule has 176 valence electrons. The van der Waals surface area contributed by atoms with Crippen LogP contribution in [0.25, 0.3) is 11.0 Å². The van der Waals surface area contributed by atoms with Crippen LogP contribution in [0.5, 0.6) is 0 Å². The van der Waals surface area contributed by atoms with Gasteiger partial charge in [-0.1, -0.05) is 17.3 Å². The molecule has 1 atom stereocenters. The number of benzene rings is 2. The van der Waals surface area contributed by atoms with Gasteiger partial charge >= 0.3 is 0 Å². The summed E-state index contributed by atoms with van der Waals surface area (Å²) in [7, 11) is 0. The van der Waals surface area contributed by atoms with E-state index in [1.807, 2.05) is 12.1 Å². The summed E-state index contributed by atoms with van der Waals surface area (Å²) >= 11 is 0. The predicted octanol–water partition coefficient (Wildman–Crippen LogP) is 3.85. The number of halogens is 1. The van der Waals surface area contributed by atoms with Crippen molar-refractivity contribution in [2.45, 2.75) is 19.1 Å². The van der Waals surface area contributed by atoms with Gasteiger partial charge in [0.25, 0.3) is 5.91 Å². The number of carbonyl (C=O) groups is 2. The summed E-state index contributed by atoms with van der Waals surface area (Å²) in [6, 6.07) is 18.0. The monoisotopic (exact) mass is 473 g/mol. The summed E-state index contributed by atoms with van der Waals surface area (Å²) in [4.78, 5) is 28.4. The summed E-state index contributed by atoms with van der Waals surface area (Å²) < 4.78 is 26.0. The molecular weight excluding hydrogens is 453 g/mol. The SMILES string of the molecule is O=C(NCc1ccco1)[C@@H](c1ccco1)N(C(=O)Cn1nnc2ccccc21)c1ccc(F)cc1. The van der Waals surface area contributed by atoms with Gasteiger partial charge in [0.15, 0.2) is 6.04 Å². The number of aromatic nitrogens is 3. The fraction of sp³-hybridized carbons (Fsp3) is 0.120. The first kappa shape index (κ1) is 22.1.